The third kappa shape index (κ3) is 6.50. The van der Waals surface area contributed by atoms with Gasteiger partial charge in [-0.15, -0.1) is 0 Å². The van der Waals surface area contributed by atoms with Crippen molar-refractivity contribution in [3.63, 3.8) is 0 Å². The zero-order valence-electron chi connectivity index (χ0n) is 23.1. The van der Waals surface area contributed by atoms with Gasteiger partial charge in [0.15, 0.2) is 0 Å². The predicted octanol–water partition coefficient (Wildman–Crippen LogP) is 4.00. The van der Waals surface area contributed by atoms with Crippen LogP contribution in [0.4, 0.5) is 0 Å². The van der Waals surface area contributed by atoms with Crippen LogP contribution in [-0.2, 0) is 33.1 Å². The number of fused-ring (bicyclic) bond motifs is 1. The summed E-state index contributed by atoms with van der Waals surface area (Å²) in [6.07, 6.45) is 7.26. The number of aromatic nitrogens is 3. The summed E-state index contributed by atoms with van der Waals surface area (Å²) in [6, 6.07) is 8.30. The molecule has 1 saturated carbocycles. The molecule has 2 fully saturated rings. The Bertz CT molecular complexity index is 1340. The molecule has 0 bridgehead atoms. The van der Waals surface area contributed by atoms with E-state index in [0.717, 1.165) is 91.5 Å². The Hall–Kier alpha value is -2.41. The zero-order valence-corrected chi connectivity index (χ0v) is 25.0. The Morgan fingerprint density at radius 1 is 1.21 bits per heavy atom. The fraction of sp³-hybridized carbons (Fsp3) is 0.567. The number of carbonyl (C=O) groups is 1. The fourth-order valence-corrected chi connectivity index (χ4v) is 8.08. The molecule has 39 heavy (non-hydrogen) atoms. The minimum atomic E-state index is -0.721. The molecule has 1 aliphatic carbocycles. The average Bonchev–Trinajstić information content (AvgIpc) is 3.55. The van der Waals surface area contributed by atoms with E-state index in [0.29, 0.717) is 11.5 Å². The van der Waals surface area contributed by atoms with Crippen LogP contribution in [0.2, 0.25) is 4.71 Å². The summed E-state index contributed by atoms with van der Waals surface area (Å²) in [4.78, 5) is 30.3. The molecule has 8 nitrogen and oxygen atoms in total. The van der Waals surface area contributed by atoms with Crippen molar-refractivity contribution in [2.24, 2.45) is 13.0 Å². The standard InChI is InChI=1S/C30H39AsN3O5/c1-19-14-23(18-33(3)29(19)36)28-32-25-15-22(8-9-26(25)34(28)17-21-10-12-38-13-11-21)16-31-27(20(2)35)30(37)39-24-6-4-5-7-24/h8-9,14-15,18,20-21,24,27,35H,4-7,10-13,16-17H2,1-3H3. The Kier molecular flexibility index (Phi) is 8.95. The molecular weight excluding hydrogens is 557 g/mol. The summed E-state index contributed by atoms with van der Waals surface area (Å²) in [5.74, 6) is 1.12. The van der Waals surface area contributed by atoms with E-state index in [-0.39, 0.29) is 17.6 Å². The number of esters is 1. The van der Waals surface area contributed by atoms with Gasteiger partial charge in [-0.1, -0.05) is 0 Å². The number of aliphatic hydroxyl groups is 1. The first kappa shape index (κ1) is 28.1. The van der Waals surface area contributed by atoms with E-state index in [1.807, 2.05) is 19.2 Å². The van der Waals surface area contributed by atoms with Crippen molar-refractivity contribution in [2.75, 3.05) is 13.2 Å². The Morgan fingerprint density at radius 2 is 1.95 bits per heavy atom. The number of aryl methyl sites for hydroxylation is 2. The Morgan fingerprint density at radius 3 is 2.64 bits per heavy atom. The number of hydrogen-bond acceptors (Lipinski definition) is 6. The van der Waals surface area contributed by atoms with Crippen molar-refractivity contribution in [2.45, 2.75) is 81.0 Å². The topological polar surface area (TPSA) is 95.6 Å². The van der Waals surface area contributed by atoms with Crippen LogP contribution in [0.1, 0.15) is 56.6 Å². The van der Waals surface area contributed by atoms with E-state index in [1.54, 1.807) is 18.5 Å². The van der Waals surface area contributed by atoms with Gasteiger partial charge in [-0.25, -0.2) is 0 Å². The molecule has 1 radical (unpaired) electrons. The van der Waals surface area contributed by atoms with Crippen LogP contribution in [0, 0.1) is 12.8 Å². The van der Waals surface area contributed by atoms with E-state index >= 15 is 0 Å². The molecule has 1 N–H and O–H groups in total. The molecule has 0 amide bonds. The van der Waals surface area contributed by atoms with Crippen molar-refractivity contribution >= 4 is 32.8 Å². The second kappa shape index (κ2) is 12.4. The summed E-state index contributed by atoms with van der Waals surface area (Å²) >= 11 is -0.489. The monoisotopic (exact) mass is 596 g/mol. The van der Waals surface area contributed by atoms with Crippen LogP contribution in [-0.4, -0.2) is 66.4 Å². The fourth-order valence-electron chi connectivity index (χ4n) is 5.73. The molecule has 1 saturated heterocycles. The van der Waals surface area contributed by atoms with Gasteiger partial charge in [0.2, 0.25) is 0 Å². The first-order chi connectivity index (χ1) is 18.8. The molecule has 1 aliphatic heterocycles. The number of ether oxygens (including phenoxy) is 2. The number of hydrogen-bond donors (Lipinski definition) is 1. The van der Waals surface area contributed by atoms with E-state index in [9.17, 15) is 14.7 Å². The summed E-state index contributed by atoms with van der Waals surface area (Å²) < 4.78 is 14.8. The van der Waals surface area contributed by atoms with Gasteiger partial charge in [-0.2, -0.15) is 0 Å². The molecule has 0 spiro atoms. The third-order valence-electron chi connectivity index (χ3n) is 7.97. The predicted molar refractivity (Wildman–Crippen MR) is 152 cm³/mol. The summed E-state index contributed by atoms with van der Waals surface area (Å²) in [5, 5.41) is 11.1. The quantitative estimate of drug-likeness (QED) is 0.297. The molecule has 209 valence electrons. The molecule has 5 rings (SSSR count). The molecule has 1 aromatic carbocycles. The number of imidazole rings is 1. The van der Waals surface area contributed by atoms with Crippen LogP contribution in [0.25, 0.3) is 22.4 Å². The van der Waals surface area contributed by atoms with Gasteiger partial charge in [0, 0.05) is 0 Å². The molecule has 9 heteroatoms. The van der Waals surface area contributed by atoms with Crippen molar-refractivity contribution in [3.05, 3.63) is 51.9 Å². The Balaban J connectivity index is 1.41. The first-order valence-corrected chi connectivity index (χ1v) is 16.5. The number of nitrogens with zero attached hydrogens (tertiary/aromatic N) is 3. The van der Waals surface area contributed by atoms with Gasteiger partial charge in [0.25, 0.3) is 0 Å². The van der Waals surface area contributed by atoms with Crippen LogP contribution in [0.3, 0.4) is 0 Å². The number of aliphatic hydroxyl groups excluding tert-OH is 1. The van der Waals surface area contributed by atoms with Gasteiger partial charge in [0.05, 0.1) is 0 Å². The van der Waals surface area contributed by atoms with Gasteiger partial charge in [0.1, 0.15) is 0 Å². The van der Waals surface area contributed by atoms with E-state index < -0.39 is 26.6 Å². The van der Waals surface area contributed by atoms with Crippen molar-refractivity contribution in [1.82, 2.24) is 14.1 Å². The normalized spacial score (nSPS) is 18.8. The molecule has 3 aromatic rings. The van der Waals surface area contributed by atoms with Gasteiger partial charge in [-0.05, 0) is 0 Å². The third-order valence-corrected chi connectivity index (χ3v) is 11.3. The number of carbonyl (C=O) groups excluding carboxylic acids is 1. The van der Waals surface area contributed by atoms with Crippen molar-refractivity contribution in [1.29, 1.82) is 0 Å². The van der Waals surface area contributed by atoms with Crippen molar-refractivity contribution < 1.29 is 19.4 Å². The molecule has 2 aliphatic rings. The molecule has 2 aromatic heterocycles. The second-order valence-electron chi connectivity index (χ2n) is 11.1. The van der Waals surface area contributed by atoms with Crippen LogP contribution in [0.5, 0.6) is 0 Å². The van der Waals surface area contributed by atoms with Crippen LogP contribution >= 0.6 is 0 Å². The molecular formula is C30H39AsN3O5. The summed E-state index contributed by atoms with van der Waals surface area (Å²) in [6.45, 7) is 5.95. The maximum absolute atomic E-state index is 12.8. The van der Waals surface area contributed by atoms with Crippen LogP contribution < -0.4 is 5.56 Å². The average molecular weight is 597 g/mol. The zero-order chi connectivity index (χ0) is 27.5. The number of rotatable bonds is 9. The van der Waals surface area contributed by atoms with E-state index in [1.165, 1.54) is 0 Å². The van der Waals surface area contributed by atoms with Crippen LogP contribution in [0.15, 0.2) is 35.3 Å². The molecule has 2 unspecified atom stereocenters. The van der Waals surface area contributed by atoms with E-state index in [4.69, 9.17) is 14.5 Å². The summed E-state index contributed by atoms with van der Waals surface area (Å²) in [5.41, 5.74) is 4.70. The van der Waals surface area contributed by atoms with Crippen molar-refractivity contribution in [3.8, 4) is 11.4 Å². The number of benzene rings is 1. The second-order valence-corrected chi connectivity index (χ2v) is 13.7. The van der Waals surface area contributed by atoms with Gasteiger partial charge < -0.3 is 0 Å². The minimum absolute atomic E-state index is 0.00408. The molecule has 2 atom stereocenters. The summed E-state index contributed by atoms with van der Waals surface area (Å²) in [7, 11) is 1.78. The SMILES string of the molecule is Cc1cc(-c2nc3cc(C[As]C(C(=O)OC4CCCC4)C(C)O)ccc3n2CC2CCOCC2)cn(C)c1=O. The number of pyridine rings is 1. The Labute approximate surface area is 236 Å². The molecule has 3 heterocycles. The van der Waals surface area contributed by atoms with E-state index in [2.05, 4.69) is 22.8 Å². The van der Waals surface area contributed by atoms with Gasteiger partial charge in [-0.3, -0.25) is 0 Å². The maximum atomic E-state index is 12.8. The van der Waals surface area contributed by atoms with Gasteiger partial charge >= 0.3 is 237 Å². The first-order valence-electron chi connectivity index (χ1n) is 14.1.